The van der Waals surface area contributed by atoms with E-state index in [1.807, 2.05) is 18.2 Å². The van der Waals surface area contributed by atoms with E-state index in [9.17, 15) is 8.42 Å². The molecule has 1 aromatic rings. The first-order valence-corrected chi connectivity index (χ1v) is 9.29. The monoisotopic (exact) mass is 361 g/mol. The molecule has 0 saturated carbocycles. The first kappa shape index (κ1) is 15.8. The van der Waals surface area contributed by atoms with E-state index in [-0.39, 0.29) is 12.0 Å². The first-order chi connectivity index (χ1) is 9.39. The molecule has 2 N–H and O–H groups in total. The molecular weight excluding hydrogens is 342 g/mol. The van der Waals surface area contributed by atoms with Crippen molar-refractivity contribution in [2.24, 2.45) is 11.7 Å². The summed E-state index contributed by atoms with van der Waals surface area (Å²) in [5, 5.41) is 0. The molecule has 4 nitrogen and oxygen atoms in total. The van der Waals surface area contributed by atoms with Gasteiger partial charge in [0.1, 0.15) is 5.75 Å². The number of methoxy groups -OCH3 is 1. The zero-order chi connectivity index (χ0) is 14.8. The van der Waals surface area contributed by atoms with Gasteiger partial charge < -0.3 is 10.5 Å². The van der Waals surface area contributed by atoms with Crippen molar-refractivity contribution >= 4 is 25.8 Å². The van der Waals surface area contributed by atoms with E-state index in [2.05, 4.69) is 15.9 Å². The summed E-state index contributed by atoms with van der Waals surface area (Å²) in [6.07, 6.45) is 2.27. The molecule has 0 amide bonds. The minimum absolute atomic E-state index is 0.00593. The fourth-order valence-electron chi connectivity index (χ4n) is 2.71. The molecule has 1 aliphatic rings. The zero-order valence-corrected chi connectivity index (χ0v) is 13.9. The Morgan fingerprint density at radius 2 is 2.25 bits per heavy atom. The van der Waals surface area contributed by atoms with Crippen LogP contribution >= 0.6 is 15.9 Å². The van der Waals surface area contributed by atoms with Crippen LogP contribution in [0.4, 0.5) is 0 Å². The molecule has 1 aromatic carbocycles. The van der Waals surface area contributed by atoms with E-state index in [0.717, 1.165) is 35.0 Å². The molecule has 0 bridgehead atoms. The Kier molecular flexibility index (Phi) is 5.09. The number of rotatable bonds is 5. The topological polar surface area (TPSA) is 69.4 Å². The van der Waals surface area contributed by atoms with Crippen molar-refractivity contribution in [1.82, 2.24) is 0 Å². The summed E-state index contributed by atoms with van der Waals surface area (Å²) in [6, 6.07) is 5.90. The third kappa shape index (κ3) is 4.20. The predicted molar refractivity (Wildman–Crippen MR) is 83.8 cm³/mol. The summed E-state index contributed by atoms with van der Waals surface area (Å²) in [5.74, 6) is 1.63. The Bertz CT molecular complexity index is 574. The van der Waals surface area contributed by atoms with Crippen molar-refractivity contribution in [3.05, 3.63) is 28.2 Å². The van der Waals surface area contributed by atoms with Crippen LogP contribution in [0.25, 0.3) is 0 Å². The number of nitrogens with two attached hydrogens (primary N) is 1. The van der Waals surface area contributed by atoms with Gasteiger partial charge in [-0.25, -0.2) is 8.42 Å². The lowest BCUT2D eigenvalue weighted by atomic mass is 9.95. The van der Waals surface area contributed by atoms with Gasteiger partial charge in [-0.2, -0.15) is 0 Å². The first-order valence-electron chi connectivity index (χ1n) is 6.68. The molecule has 6 heteroatoms. The maximum atomic E-state index is 11.4. The van der Waals surface area contributed by atoms with E-state index < -0.39 is 9.84 Å². The molecule has 1 saturated heterocycles. The fraction of sp³-hybridized carbons (Fsp3) is 0.571. The van der Waals surface area contributed by atoms with Crippen molar-refractivity contribution in [2.45, 2.75) is 25.3 Å². The van der Waals surface area contributed by atoms with Crippen LogP contribution in [0.1, 0.15) is 18.4 Å². The molecule has 0 aliphatic carbocycles. The van der Waals surface area contributed by atoms with Gasteiger partial charge in [-0.15, -0.1) is 0 Å². The highest BCUT2D eigenvalue weighted by molar-refractivity contribution is 9.10. The van der Waals surface area contributed by atoms with E-state index in [4.69, 9.17) is 10.5 Å². The summed E-state index contributed by atoms with van der Waals surface area (Å²) in [6.45, 7) is 0. The maximum Gasteiger partial charge on any atom is 0.150 e. The standard InChI is InChI=1S/C14H20BrNO3S/c1-19-14-3-2-10(8-13(14)15)6-12(16)7-11-4-5-20(17,18)9-11/h2-3,8,11-12H,4-7,9,16H2,1H3. The van der Waals surface area contributed by atoms with Crippen LogP contribution in [-0.4, -0.2) is 33.1 Å². The Morgan fingerprint density at radius 1 is 1.50 bits per heavy atom. The Balaban J connectivity index is 1.91. The molecule has 1 heterocycles. The molecule has 0 radical (unpaired) electrons. The highest BCUT2D eigenvalue weighted by Crippen LogP contribution is 2.27. The fourth-order valence-corrected chi connectivity index (χ4v) is 5.18. The normalized spacial score (nSPS) is 22.6. The van der Waals surface area contributed by atoms with Gasteiger partial charge in [0.2, 0.25) is 0 Å². The van der Waals surface area contributed by atoms with Crippen LogP contribution in [0.15, 0.2) is 22.7 Å². The zero-order valence-electron chi connectivity index (χ0n) is 11.5. The number of halogens is 1. The van der Waals surface area contributed by atoms with Crippen LogP contribution in [0.5, 0.6) is 5.75 Å². The average Bonchev–Trinajstić information content (AvgIpc) is 2.68. The third-order valence-corrected chi connectivity index (χ3v) is 6.13. The number of benzene rings is 1. The van der Waals surface area contributed by atoms with Crippen LogP contribution in [-0.2, 0) is 16.3 Å². The lowest BCUT2D eigenvalue weighted by molar-refractivity contribution is 0.411. The van der Waals surface area contributed by atoms with Crippen molar-refractivity contribution in [3.63, 3.8) is 0 Å². The molecule has 1 aliphatic heterocycles. The van der Waals surface area contributed by atoms with Gasteiger partial charge >= 0.3 is 0 Å². The van der Waals surface area contributed by atoms with Crippen LogP contribution in [0, 0.1) is 5.92 Å². The molecule has 0 spiro atoms. The number of hydrogen-bond acceptors (Lipinski definition) is 4. The molecule has 1 fully saturated rings. The molecule has 0 aromatic heterocycles. The molecule has 2 rings (SSSR count). The van der Waals surface area contributed by atoms with Gasteiger partial charge in [-0.05, 0) is 58.8 Å². The van der Waals surface area contributed by atoms with Crippen molar-refractivity contribution in [3.8, 4) is 5.75 Å². The quantitative estimate of drug-likeness (QED) is 0.872. The van der Waals surface area contributed by atoms with E-state index in [1.165, 1.54) is 0 Å². The van der Waals surface area contributed by atoms with Gasteiger partial charge in [0.05, 0.1) is 23.1 Å². The molecule has 20 heavy (non-hydrogen) atoms. The lowest BCUT2D eigenvalue weighted by Gasteiger charge is -2.16. The average molecular weight is 362 g/mol. The molecular formula is C14H20BrNO3S. The number of ether oxygens (including phenoxy) is 1. The van der Waals surface area contributed by atoms with E-state index in [1.54, 1.807) is 7.11 Å². The summed E-state index contributed by atoms with van der Waals surface area (Å²) in [7, 11) is -1.18. The third-order valence-electron chi connectivity index (χ3n) is 3.68. The van der Waals surface area contributed by atoms with Crippen molar-refractivity contribution < 1.29 is 13.2 Å². The van der Waals surface area contributed by atoms with Crippen LogP contribution in [0.3, 0.4) is 0 Å². The SMILES string of the molecule is COc1ccc(CC(N)CC2CCS(=O)(=O)C2)cc1Br. The van der Waals surface area contributed by atoms with Gasteiger partial charge in [0, 0.05) is 6.04 Å². The lowest BCUT2D eigenvalue weighted by Crippen LogP contribution is -2.26. The second-order valence-corrected chi connectivity index (χ2v) is 8.52. The minimum atomic E-state index is -2.81. The van der Waals surface area contributed by atoms with E-state index in [0.29, 0.717) is 11.5 Å². The van der Waals surface area contributed by atoms with Gasteiger partial charge in [-0.1, -0.05) is 6.07 Å². The highest BCUT2D eigenvalue weighted by Gasteiger charge is 2.28. The molecule has 2 atom stereocenters. The van der Waals surface area contributed by atoms with E-state index >= 15 is 0 Å². The van der Waals surface area contributed by atoms with Gasteiger partial charge in [-0.3, -0.25) is 0 Å². The summed E-state index contributed by atoms with van der Waals surface area (Å²) < 4.78 is 29.0. The van der Waals surface area contributed by atoms with Crippen molar-refractivity contribution in [1.29, 1.82) is 0 Å². The molecule has 112 valence electrons. The van der Waals surface area contributed by atoms with Crippen molar-refractivity contribution in [2.75, 3.05) is 18.6 Å². The predicted octanol–water partition coefficient (Wildman–Crippen LogP) is 2.15. The number of sulfone groups is 1. The second-order valence-electron chi connectivity index (χ2n) is 5.44. The summed E-state index contributed by atoms with van der Waals surface area (Å²) in [5.41, 5.74) is 7.28. The molecule has 2 unspecified atom stereocenters. The maximum absolute atomic E-state index is 11.4. The van der Waals surface area contributed by atoms with Crippen LogP contribution in [0.2, 0.25) is 0 Å². The van der Waals surface area contributed by atoms with Gasteiger partial charge in [0.15, 0.2) is 9.84 Å². The second kappa shape index (κ2) is 6.45. The largest absolute Gasteiger partial charge is 0.496 e. The summed E-state index contributed by atoms with van der Waals surface area (Å²) >= 11 is 3.46. The smallest absolute Gasteiger partial charge is 0.150 e. The van der Waals surface area contributed by atoms with Gasteiger partial charge in [0.25, 0.3) is 0 Å². The van der Waals surface area contributed by atoms with Crippen LogP contribution < -0.4 is 10.5 Å². The number of hydrogen-bond donors (Lipinski definition) is 1. The minimum Gasteiger partial charge on any atom is -0.496 e. The Labute approximate surface area is 128 Å². The Morgan fingerprint density at radius 3 is 2.80 bits per heavy atom. The highest BCUT2D eigenvalue weighted by atomic mass is 79.9. The summed E-state index contributed by atoms with van der Waals surface area (Å²) in [4.78, 5) is 0. The Hall–Kier alpha value is -0.590.